The third kappa shape index (κ3) is 4.15. The van der Waals surface area contributed by atoms with Crippen LogP contribution in [0.3, 0.4) is 0 Å². The lowest BCUT2D eigenvalue weighted by atomic mass is 10.2. The average molecular weight is 300 g/mol. The fraction of sp³-hybridized carbons (Fsp3) is 0.353. The van der Waals surface area contributed by atoms with Crippen LogP contribution in [0.5, 0.6) is 0 Å². The van der Waals surface area contributed by atoms with Crippen LogP contribution in [0.15, 0.2) is 54.7 Å². The zero-order valence-corrected chi connectivity index (χ0v) is 15.1. The molecule has 0 saturated heterocycles. The Labute approximate surface area is 125 Å². The SMILES string of the molecule is C[Si](C)(C)C[Si](C)(Cc1ccccc1)c1ccccn1. The molecule has 0 bridgehead atoms. The van der Waals surface area contributed by atoms with Crippen molar-refractivity contribution < 1.29 is 0 Å². The van der Waals surface area contributed by atoms with Crippen molar-refractivity contribution in [3.63, 3.8) is 0 Å². The smallest absolute Gasteiger partial charge is 0.109 e. The Morgan fingerprint density at radius 3 is 2.05 bits per heavy atom. The van der Waals surface area contributed by atoms with Gasteiger partial charge in [-0.05, 0) is 18.2 Å². The van der Waals surface area contributed by atoms with E-state index in [9.17, 15) is 0 Å². The largest absolute Gasteiger partial charge is 0.266 e. The second kappa shape index (κ2) is 6.06. The molecule has 0 saturated carbocycles. The van der Waals surface area contributed by atoms with Gasteiger partial charge in [-0.3, -0.25) is 4.98 Å². The van der Waals surface area contributed by atoms with Gasteiger partial charge in [-0.15, -0.1) is 0 Å². The van der Waals surface area contributed by atoms with Crippen molar-refractivity contribution >= 4 is 21.5 Å². The highest BCUT2D eigenvalue weighted by atomic mass is 28.4. The zero-order chi connectivity index (χ0) is 14.6. The third-order valence-electron chi connectivity index (χ3n) is 3.64. The summed E-state index contributed by atoms with van der Waals surface area (Å²) in [5, 5.41) is 1.37. The molecular formula is C17H25NSi2. The molecule has 20 heavy (non-hydrogen) atoms. The predicted octanol–water partition coefficient (Wildman–Crippen LogP) is 4.03. The predicted molar refractivity (Wildman–Crippen MR) is 93.8 cm³/mol. The van der Waals surface area contributed by atoms with Crippen LogP contribution in [-0.4, -0.2) is 21.1 Å². The van der Waals surface area contributed by atoms with Gasteiger partial charge in [-0.25, -0.2) is 0 Å². The summed E-state index contributed by atoms with van der Waals surface area (Å²) in [5.41, 5.74) is 2.86. The summed E-state index contributed by atoms with van der Waals surface area (Å²) in [6.45, 7) is 9.95. The average Bonchev–Trinajstić information content (AvgIpc) is 2.39. The Morgan fingerprint density at radius 1 is 0.850 bits per heavy atom. The standard InChI is InChI=1S/C17H25NSi2/c1-19(2,3)15-20(4,17-12-8-9-13-18-17)14-16-10-6-5-7-11-16/h5-13H,14-15H2,1-4H3. The van der Waals surface area contributed by atoms with Gasteiger partial charge in [0.2, 0.25) is 0 Å². The van der Waals surface area contributed by atoms with Gasteiger partial charge in [0.25, 0.3) is 0 Å². The molecule has 0 N–H and O–H groups in total. The van der Waals surface area contributed by atoms with Gasteiger partial charge in [0.05, 0.1) is 0 Å². The Hall–Kier alpha value is -1.20. The van der Waals surface area contributed by atoms with E-state index in [0.29, 0.717) is 0 Å². The van der Waals surface area contributed by atoms with E-state index in [1.54, 1.807) is 0 Å². The molecule has 3 heteroatoms. The molecular weight excluding hydrogens is 274 g/mol. The maximum atomic E-state index is 4.72. The Balaban J connectivity index is 2.34. The summed E-state index contributed by atoms with van der Waals surface area (Å²) in [7, 11) is -2.66. The van der Waals surface area contributed by atoms with Crippen LogP contribution in [0.4, 0.5) is 0 Å². The molecule has 1 unspecified atom stereocenters. The molecule has 106 valence electrons. The van der Waals surface area contributed by atoms with Crippen molar-refractivity contribution in [3.05, 3.63) is 60.3 Å². The normalized spacial score (nSPS) is 14.8. The molecule has 0 aliphatic rings. The highest BCUT2D eigenvalue weighted by Gasteiger charge is 2.36. The van der Waals surface area contributed by atoms with Crippen LogP contribution in [0.1, 0.15) is 5.56 Å². The Kier molecular flexibility index (Phi) is 4.60. The summed E-state index contributed by atoms with van der Waals surface area (Å²) in [6, 6.07) is 18.5. The van der Waals surface area contributed by atoms with E-state index >= 15 is 0 Å². The zero-order valence-electron chi connectivity index (χ0n) is 13.1. The first-order valence-corrected chi connectivity index (χ1v) is 14.0. The summed E-state index contributed by atoms with van der Waals surface area (Å²) in [4.78, 5) is 4.72. The fourth-order valence-corrected chi connectivity index (χ4v) is 16.0. The molecule has 0 aliphatic carbocycles. The Morgan fingerprint density at radius 2 is 1.50 bits per heavy atom. The van der Waals surface area contributed by atoms with Crippen molar-refractivity contribution in [3.8, 4) is 0 Å². The van der Waals surface area contributed by atoms with Crippen LogP contribution < -0.4 is 5.32 Å². The van der Waals surface area contributed by atoms with Gasteiger partial charge in [0.1, 0.15) is 8.07 Å². The van der Waals surface area contributed by atoms with E-state index in [1.165, 1.54) is 22.6 Å². The van der Waals surface area contributed by atoms with E-state index in [1.807, 2.05) is 12.3 Å². The Bertz CT molecular complexity index is 534. The fourth-order valence-electron chi connectivity index (χ4n) is 3.18. The van der Waals surface area contributed by atoms with Gasteiger partial charge in [-0.1, -0.05) is 73.8 Å². The van der Waals surface area contributed by atoms with Crippen LogP contribution in [-0.2, 0) is 6.04 Å². The molecule has 0 aliphatic heterocycles. The van der Waals surface area contributed by atoms with Crippen LogP contribution in [0, 0.1) is 0 Å². The number of rotatable bonds is 5. The molecule has 1 heterocycles. The molecule has 0 fully saturated rings. The lowest BCUT2D eigenvalue weighted by molar-refractivity contribution is 1.26. The molecule has 0 amide bonds. The minimum atomic E-state index is -1.55. The quantitative estimate of drug-likeness (QED) is 0.760. The number of aromatic nitrogens is 1. The highest BCUT2D eigenvalue weighted by Crippen LogP contribution is 2.23. The first kappa shape index (κ1) is 15.2. The molecule has 1 aromatic heterocycles. The molecule has 1 aromatic carbocycles. The lowest BCUT2D eigenvalue weighted by Crippen LogP contribution is -2.53. The van der Waals surface area contributed by atoms with Gasteiger partial charge in [-0.2, -0.15) is 0 Å². The number of hydrogen-bond acceptors (Lipinski definition) is 1. The summed E-state index contributed by atoms with van der Waals surface area (Å²) in [5.74, 6) is 0. The highest BCUT2D eigenvalue weighted by molar-refractivity contribution is 7.01. The van der Waals surface area contributed by atoms with Gasteiger partial charge >= 0.3 is 0 Å². The lowest BCUT2D eigenvalue weighted by Gasteiger charge is -2.32. The number of pyridine rings is 1. The van der Waals surface area contributed by atoms with E-state index in [2.05, 4.69) is 68.7 Å². The molecule has 1 atom stereocenters. The molecule has 2 aromatic rings. The second-order valence-electron chi connectivity index (χ2n) is 7.18. The maximum absolute atomic E-state index is 4.72. The monoisotopic (exact) mass is 299 g/mol. The van der Waals surface area contributed by atoms with Crippen molar-refractivity contribution in [2.45, 2.75) is 37.9 Å². The van der Waals surface area contributed by atoms with E-state index < -0.39 is 16.1 Å². The summed E-state index contributed by atoms with van der Waals surface area (Å²) < 4.78 is 0. The molecule has 0 spiro atoms. The van der Waals surface area contributed by atoms with E-state index in [4.69, 9.17) is 4.98 Å². The molecule has 2 rings (SSSR count). The third-order valence-corrected chi connectivity index (χ3v) is 13.7. The van der Waals surface area contributed by atoms with Gasteiger partial charge in [0.15, 0.2) is 0 Å². The molecule has 1 nitrogen and oxygen atoms in total. The van der Waals surface area contributed by atoms with E-state index in [-0.39, 0.29) is 0 Å². The summed E-state index contributed by atoms with van der Waals surface area (Å²) in [6.07, 6.45) is 1.95. The summed E-state index contributed by atoms with van der Waals surface area (Å²) >= 11 is 0. The second-order valence-corrected chi connectivity index (χ2v) is 17.7. The van der Waals surface area contributed by atoms with Crippen molar-refractivity contribution in [2.75, 3.05) is 0 Å². The number of nitrogens with zero attached hydrogens (tertiary/aromatic N) is 1. The first-order chi connectivity index (χ1) is 9.39. The van der Waals surface area contributed by atoms with Crippen LogP contribution in [0.25, 0.3) is 0 Å². The minimum Gasteiger partial charge on any atom is -0.266 e. The number of benzene rings is 1. The first-order valence-electron chi connectivity index (χ1n) is 7.35. The van der Waals surface area contributed by atoms with E-state index in [0.717, 1.165) is 0 Å². The van der Waals surface area contributed by atoms with Crippen LogP contribution in [0.2, 0.25) is 31.9 Å². The molecule has 0 radical (unpaired) electrons. The topological polar surface area (TPSA) is 12.9 Å². The maximum Gasteiger partial charge on any atom is 0.109 e. The van der Waals surface area contributed by atoms with Gasteiger partial charge in [0, 0.05) is 19.6 Å². The minimum absolute atomic E-state index is 1.11. The van der Waals surface area contributed by atoms with Gasteiger partial charge < -0.3 is 0 Å². The van der Waals surface area contributed by atoms with Crippen LogP contribution >= 0.6 is 0 Å². The van der Waals surface area contributed by atoms with Crippen molar-refractivity contribution in [1.29, 1.82) is 0 Å². The van der Waals surface area contributed by atoms with Crippen molar-refractivity contribution in [1.82, 2.24) is 4.98 Å². The van der Waals surface area contributed by atoms with Crippen molar-refractivity contribution in [2.24, 2.45) is 0 Å². The number of hydrogen-bond donors (Lipinski definition) is 0.